The fourth-order valence-corrected chi connectivity index (χ4v) is 9.15. The monoisotopic (exact) mass is 877 g/mol. The second-order valence-corrected chi connectivity index (χ2v) is 17.3. The molecule has 1 saturated heterocycles. The molecule has 3 aliphatic heterocycles. The zero-order valence-electron chi connectivity index (χ0n) is 36.5. The average molecular weight is 878 g/mol. The number of fused-ring (bicyclic) bond motifs is 2. The first-order chi connectivity index (χ1) is 31.1. The van der Waals surface area contributed by atoms with Gasteiger partial charge in [0.05, 0.1) is 18.8 Å². The Balaban J connectivity index is 1.04. The number of hydrogen-bond acceptors (Lipinski definition) is 7. The van der Waals surface area contributed by atoms with E-state index >= 15 is 4.79 Å². The lowest BCUT2D eigenvalue weighted by molar-refractivity contribution is 0.0193. The van der Waals surface area contributed by atoms with Gasteiger partial charge in [0, 0.05) is 92.6 Å². The van der Waals surface area contributed by atoms with Crippen LogP contribution in [0.3, 0.4) is 0 Å². The number of amides is 3. The van der Waals surface area contributed by atoms with Gasteiger partial charge in [-0.05, 0) is 114 Å². The van der Waals surface area contributed by atoms with Crippen LogP contribution in [0.1, 0.15) is 54.2 Å². The molecule has 12 heteroatoms. The summed E-state index contributed by atoms with van der Waals surface area (Å²) in [6, 6.07) is 38.5. The maximum Gasteiger partial charge on any atom is 0.415 e. The SMILES string of the molecule is Cc1c(C(=O)N(C)c2ccc(OCc3ccccc3)cc2)cc(-c2cc3c(cc2C(=O)N2Cc4ccccc4C[C@H]2CN2CCOCC2)CN(C(=O)Oc2ccc(Cl)cc2)CC3)n1C. The maximum absolute atomic E-state index is 15.5. The van der Waals surface area contributed by atoms with Crippen LogP contribution < -0.4 is 14.4 Å². The Hall–Kier alpha value is -6.40. The summed E-state index contributed by atoms with van der Waals surface area (Å²) in [5.41, 5.74) is 9.45. The first-order valence-electron chi connectivity index (χ1n) is 21.9. The quantitative estimate of drug-likeness (QED) is 0.136. The number of benzene rings is 5. The molecule has 4 heterocycles. The molecular weight excluding hydrogens is 826 g/mol. The number of morpholine rings is 1. The van der Waals surface area contributed by atoms with Crippen LogP contribution in [0.25, 0.3) is 11.3 Å². The minimum absolute atomic E-state index is 0.0775. The number of nitrogens with zero attached hydrogens (tertiary/aromatic N) is 5. The van der Waals surface area contributed by atoms with Crippen LogP contribution in [0.4, 0.5) is 10.5 Å². The molecule has 1 fully saturated rings. The van der Waals surface area contributed by atoms with Crippen molar-refractivity contribution in [1.29, 1.82) is 0 Å². The van der Waals surface area contributed by atoms with E-state index in [-0.39, 0.29) is 24.4 Å². The summed E-state index contributed by atoms with van der Waals surface area (Å²) >= 11 is 6.08. The first-order valence-corrected chi connectivity index (χ1v) is 22.2. The molecule has 5 aromatic carbocycles. The summed E-state index contributed by atoms with van der Waals surface area (Å²) in [4.78, 5) is 51.1. The summed E-state index contributed by atoms with van der Waals surface area (Å²) in [6.07, 6.45) is 0.827. The highest BCUT2D eigenvalue weighted by Gasteiger charge is 2.35. The van der Waals surface area contributed by atoms with Gasteiger partial charge in [-0.15, -0.1) is 0 Å². The minimum Gasteiger partial charge on any atom is -0.489 e. The Morgan fingerprint density at radius 2 is 1.47 bits per heavy atom. The fraction of sp³-hybridized carbons (Fsp3) is 0.288. The highest BCUT2D eigenvalue weighted by molar-refractivity contribution is 6.30. The Morgan fingerprint density at radius 1 is 0.766 bits per heavy atom. The summed E-state index contributed by atoms with van der Waals surface area (Å²) in [5.74, 6) is 0.853. The van der Waals surface area contributed by atoms with E-state index in [0.717, 1.165) is 70.9 Å². The Bertz CT molecular complexity index is 2660. The molecule has 0 radical (unpaired) electrons. The van der Waals surface area contributed by atoms with Crippen molar-refractivity contribution < 1.29 is 28.6 Å². The van der Waals surface area contributed by atoms with E-state index in [0.29, 0.717) is 67.0 Å². The third-order valence-electron chi connectivity index (χ3n) is 12.9. The number of ether oxygens (including phenoxy) is 3. The van der Waals surface area contributed by atoms with Gasteiger partial charge in [-0.1, -0.05) is 66.2 Å². The summed E-state index contributed by atoms with van der Waals surface area (Å²) < 4.78 is 19.4. The van der Waals surface area contributed by atoms with Crippen molar-refractivity contribution in [3.05, 3.63) is 171 Å². The van der Waals surface area contributed by atoms with Crippen molar-refractivity contribution in [3.8, 4) is 22.8 Å². The van der Waals surface area contributed by atoms with Crippen LogP contribution in [0, 0.1) is 6.92 Å². The standard InChI is InChI=1S/C52H52ClN5O6/c1-35-46(50(59)55(3)42-15-19-44(20-16-42)63-34-36-9-5-4-6-10-36)30-49(54(35)2)47-28-38-21-22-57(52(61)64-45-17-13-41(53)14-18-45)31-40(38)29-48(47)51(60)58-32-39-12-8-7-11-37(39)27-43(58)33-56-23-25-62-26-24-56/h4-20,28-30,43H,21-27,31-34H2,1-3H3/t43-/m0/s1. The lowest BCUT2D eigenvalue weighted by Gasteiger charge is -2.41. The molecule has 1 atom stereocenters. The highest BCUT2D eigenvalue weighted by Crippen LogP contribution is 2.36. The molecule has 3 aliphatic rings. The van der Waals surface area contributed by atoms with Crippen LogP contribution >= 0.6 is 11.6 Å². The van der Waals surface area contributed by atoms with Gasteiger partial charge in [-0.3, -0.25) is 14.5 Å². The Labute approximate surface area is 379 Å². The van der Waals surface area contributed by atoms with Gasteiger partial charge in [0.1, 0.15) is 18.1 Å². The van der Waals surface area contributed by atoms with Crippen molar-refractivity contribution in [2.45, 2.75) is 45.5 Å². The second kappa shape index (κ2) is 18.8. The molecule has 0 bridgehead atoms. The maximum atomic E-state index is 15.5. The normalized spacial score (nSPS) is 16.2. The Morgan fingerprint density at radius 3 is 2.22 bits per heavy atom. The van der Waals surface area contributed by atoms with Crippen molar-refractivity contribution in [2.24, 2.45) is 7.05 Å². The van der Waals surface area contributed by atoms with Crippen LogP contribution in [-0.4, -0.2) is 89.7 Å². The van der Waals surface area contributed by atoms with Crippen molar-refractivity contribution in [2.75, 3.05) is 51.3 Å². The lowest BCUT2D eigenvalue weighted by atomic mass is 9.89. The van der Waals surface area contributed by atoms with Gasteiger partial charge < -0.3 is 33.5 Å². The molecule has 328 valence electrons. The predicted octanol–water partition coefficient (Wildman–Crippen LogP) is 8.97. The summed E-state index contributed by atoms with van der Waals surface area (Å²) in [6.45, 7) is 7.25. The largest absolute Gasteiger partial charge is 0.489 e. The van der Waals surface area contributed by atoms with Gasteiger partial charge in [0.25, 0.3) is 11.8 Å². The number of hydrogen-bond donors (Lipinski definition) is 0. The molecule has 9 rings (SSSR count). The van der Waals surface area contributed by atoms with Crippen LogP contribution in [-0.2, 0) is 44.3 Å². The number of carbonyl (C=O) groups is 3. The molecule has 0 N–H and O–H groups in total. The van der Waals surface area contributed by atoms with Crippen molar-refractivity contribution in [3.63, 3.8) is 0 Å². The average Bonchev–Trinajstić information content (AvgIpc) is 3.63. The fourth-order valence-electron chi connectivity index (χ4n) is 9.03. The molecule has 0 unspecified atom stereocenters. The molecule has 64 heavy (non-hydrogen) atoms. The predicted molar refractivity (Wildman–Crippen MR) is 248 cm³/mol. The molecule has 0 aliphatic carbocycles. The van der Waals surface area contributed by atoms with Crippen LogP contribution in [0.2, 0.25) is 5.02 Å². The molecule has 3 amide bonds. The number of rotatable bonds is 10. The van der Waals surface area contributed by atoms with E-state index < -0.39 is 6.09 Å². The van der Waals surface area contributed by atoms with Gasteiger partial charge in [-0.2, -0.15) is 0 Å². The number of halogens is 1. The third kappa shape index (κ3) is 9.15. The number of carbonyl (C=O) groups excluding carboxylic acids is 3. The molecular formula is C52H52ClN5O6. The lowest BCUT2D eigenvalue weighted by Crippen LogP contribution is -2.52. The highest BCUT2D eigenvalue weighted by atomic mass is 35.5. The molecule has 1 aromatic heterocycles. The summed E-state index contributed by atoms with van der Waals surface area (Å²) in [7, 11) is 3.72. The second-order valence-electron chi connectivity index (χ2n) is 16.9. The summed E-state index contributed by atoms with van der Waals surface area (Å²) in [5, 5.41) is 0.552. The molecule has 11 nitrogen and oxygen atoms in total. The van der Waals surface area contributed by atoms with E-state index in [4.69, 9.17) is 25.8 Å². The van der Waals surface area contributed by atoms with E-state index in [1.807, 2.05) is 96.2 Å². The van der Waals surface area contributed by atoms with Crippen molar-refractivity contribution in [1.82, 2.24) is 19.3 Å². The van der Waals surface area contributed by atoms with E-state index in [1.54, 1.807) is 41.1 Å². The van der Waals surface area contributed by atoms with E-state index in [2.05, 4.69) is 29.2 Å². The smallest absolute Gasteiger partial charge is 0.415 e. The Kier molecular flexibility index (Phi) is 12.6. The zero-order chi connectivity index (χ0) is 44.3. The van der Waals surface area contributed by atoms with Crippen LogP contribution in [0.15, 0.2) is 121 Å². The minimum atomic E-state index is -0.470. The topological polar surface area (TPSA) is 96.8 Å². The van der Waals surface area contributed by atoms with Gasteiger partial charge in [0.2, 0.25) is 0 Å². The molecule has 0 spiro atoms. The molecule has 6 aromatic rings. The van der Waals surface area contributed by atoms with Gasteiger partial charge in [-0.25, -0.2) is 4.79 Å². The van der Waals surface area contributed by atoms with E-state index in [1.165, 1.54) is 5.56 Å². The molecule has 0 saturated carbocycles. The number of aromatic nitrogens is 1. The van der Waals surface area contributed by atoms with Crippen LogP contribution in [0.5, 0.6) is 11.5 Å². The van der Waals surface area contributed by atoms with Gasteiger partial charge in [0.15, 0.2) is 0 Å². The zero-order valence-corrected chi connectivity index (χ0v) is 37.2. The van der Waals surface area contributed by atoms with E-state index in [9.17, 15) is 9.59 Å². The third-order valence-corrected chi connectivity index (χ3v) is 13.1. The van der Waals surface area contributed by atoms with Crippen molar-refractivity contribution >= 4 is 35.2 Å². The number of anilines is 1. The first kappa shape index (κ1) is 42.9. The van der Waals surface area contributed by atoms with Gasteiger partial charge >= 0.3 is 6.09 Å².